The van der Waals surface area contributed by atoms with Crippen LogP contribution in [0.1, 0.15) is 0 Å². The predicted molar refractivity (Wildman–Crippen MR) is 76.7 cm³/mol. The Balaban J connectivity index is 1.86. The van der Waals surface area contributed by atoms with Gasteiger partial charge < -0.3 is 10.2 Å². The van der Waals surface area contributed by atoms with Crippen LogP contribution in [0.3, 0.4) is 0 Å². The van der Waals surface area contributed by atoms with Gasteiger partial charge >= 0.3 is 0 Å². The molecule has 1 N–H and O–H groups in total. The van der Waals surface area contributed by atoms with Crippen molar-refractivity contribution in [3.8, 4) is 12.3 Å². The summed E-state index contributed by atoms with van der Waals surface area (Å²) in [6.45, 7) is 2.77. The number of nitrogens with one attached hydrogen (secondary N) is 1. The average Bonchev–Trinajstić information content (AvgIpc) is 2.50. The molecule has 0 aromatic heterocycles. The highest BCUT2D eigenvalue weighted by atomic mass is 19.2. The second kappa shape index (κ2) is 7.18. The van der Waals surface area contributed by atoms with Crippen LogP contribution < -0.4 is 5.32 Å². The highest BCUT2D eigenvalue weighted by Gasteiger charge is 2.20. The Kier molecular flexibility index (Phi) is 5.28. The van der Waals surface area contributed by atoms with Crippen LogP contribution in [0, 0.1) is 29.8 Å². The van der Waals surface area contributed by atoms with E-state index in [9.17, 15) is 18.0 Å². The van der Waals surface area contributed by atoms with Gasteiger partial charge in [-0.3, -0.25) is 9.69 Å². The lowest BCUT2D eigenvalue weighted by Gasteiger charge is -2.33. The van der Waals surface area contributed by atoms with Crippen molar-refractivity contribution in [2.24, 2.45) is 0 Å². The third-order valence-electron chi connectivity index (χ3n) is 3.48. The first-order valence-electron chi connectivity index (χ1n) is 6.83. The average molecular weight is 311 g/mol. The quantitative estimate of drug-likeness (QED) is 0.672. The summed E-state index contributed by atoms with van der Waals surface area (Å²) < 4.78 is 39.3. The van der Waals surface area contributed by atoms with Gasteiger partial charge in [0.1, 0.15) is 5.82 Å². The van der Waals surface area contributed by atoms with Gasteiger partial charge in [-0.15, -0.1) is 6.42 Å². The summed E-state index contributed by atoms with van der Waals surface area (Å²) in [5.74, 6) is -1.06. The zero-order chi connectivity index (χ0) is 16.1. The molecule has 0 aliphatic carbocycles. The molecule has 1 amide bonds. The van der Waals surface area contributed by atoms with Crippen molar-refractivity contribution in [3.05, 3.63) is 29.6 Å². The van der Waals surface area contributed by atoms with Crippen molar-refractivity contribution in [1.29, 1.82) is 0 Å². The van der Waals surface area contributed by atoms with Crippen LogP contribution in [0.4, 0.5) is 18.9 Å². The maximum atomic E-state index is 13.4. The number of amides is 1. The van der Waals surface area contributed by atoms with Crippen molar-refractivity contribution < 1.29 is 18.0 Å². The van der Waals surface area contributed by atoms with Gasteiger partial charge in [-0.1, -0.05) is 5.92 Å². The van der Waals surface area contributed by atoms with E-state index in [0.29, 0.717) is 44.9 Å². The molecule has 1 heterocycles. The van der Waals surface area contributed by atoms with Gasteiger partial charge in [0.05, 0.1) is 18.8 Å². The van der Waals surface area contributed by atoms with Crippen LogP contribution in [0.2, 0.25) is 0 Å². The summed E-state index contributed by atoms with van der Waals surface area (Å²) in [4.78, 5) is 15.7. The smallest absolute Gasteiger partial charge is 0.241 e. The number of anilines is 1. The molecule has 7 heteroatoms. The molecule has 1 aromatic carbocycles. The van der Waals surface area contributed by atoms with Gasteiger partial charge in [-0.05, 0) is 0 Å². The van der Waals surface area contributed by atoms with E-state index >= 15 is 0 Å². The van der Waals surface area contributed by atoms with Crippen molar-refractivity contribution in [3.63, 3.8) is 0 Å². The van der Waals surface area contributed by atoms with Gasteiger partial charge in [-0.2, -0.15) is 0 Å². The van der Waals surface area contributed by atoms with Crippen molar-refractivity contribution in [1.82, 2.24) is 9.80 Å². The molecule has 0 atom stereocenters. The number of rotatable bonds is 4. The van der Waals surface area contributed by atoms with Crippen molar-refractivity contribution in [2.75, 3.05) is 44.6 Å². The third kappa shape index (κ3) is 3.92. The second-order valence-corrected chi connectivity index (χ2v) is 4.96. The number of nitrogens with zero attached hydrogens (tertiary/aromatic N) is 2. The first-order chi connectivity index (χ1) is 10.5. The molecule has 2 rings (SSSR count). The minimum Gasteiger partial charge on any atom is -0.374 e. The highest BCUT2D eigenvalue weighted by molar-refractivity contribution is 5.81. The summed E-state index contributed by atoms with van der Waals surface area (Å²) in [7, 11) is 0. The largest absolute Gasteiger partial charge is 0.374 e. The molecule has 4 nitrogen and oxygen atoms in total. The number of benzene rings is 1. The summed E-state index contributed by atoms with van der Waals surface area (Å²) in [6.07, 6.45) is 5.23. The number of carbonyl (C=O) groups excluding carboxylic acids is 1. The Morgan fingerprint density at radius 3 is 2.41 bits per heavy atom. The fourth-order valence-corrected chi connectivity index (χ4v) is 2.23. The van der Waals surface area contributed by atoms with Crippen LogP contribution in [0.15, 0.2) is 12.1 Å². The van der Waals surface area contributed by atoms with Crippen molar-refractivity contribution in [2.45, 2.75) is 0 Å². The molecular weight excluding hydrogens is 295 g/mol. The third-order valence-corrected chi connectivity index (χ3v) is 3.48. The van der Waals surface area contributed by atoms with Gasteiger partial charge in [0.2, 0.25) is 5.91 Å². The number of piperazine rings is 1. The van der Waals surface area contributed by atoms with E-state index in [4.69, 9.17) is 6.42 Å². The Labute approximate surface area is 126 Å². The molecule has 0 spiro atoms. The number of halogens is 3. The lowest BCUT2D eigenvalue weighted by Crippen LogP contribution is -2.50. The van der Waals surface area contributed by atoms with Gasteiger partial charge in [0.15, 0.2) is 11.6 Å². The van der Waals surface area contributed by atoms with E-state index in [0.717, 1.165) is 0 Å². The predicted octanol–water partition coefficient (Wildman–Crippen LogP) is 1.29. The topological polar surface area (TPSA) is 35.6 Å². The minimum atomic E-state index is -1.26. The van der Waals surface area contributed by atoms with Crippen LogP contribution in [-0.4, -0.2) is 55.0 Å². The standard InChI is InChI=1S/C15H16F3N3O/c1-2-3-20-4-6-21(7-5-20)15(22)10-19-14-9-12(17)11(16)8-13(14)18/h1,8-9,19H,3-7,10H2. The van der Waals surface area contributed by atoms with E-state index in [1.165, 1.54) is 0 Å². The number of terminal acetylenes is 1. The number of hydrogen-bond acceptors (Lipinski definition) is 3. The minimum absolute atomic E-state index is 0.183. The molecule has 1 aliphatic heterocycles. The van der Waals surface area contributed by atoms with Crippen LogP contribution in [-0.2, 0) is 4.79 Å². The first-order valence-corrected chi connectivity index (χ1v) is 6.83. The summed E-state index contributed by atoms with van der Waals surface area (Å²) in [6, 6.07) is 1.14. The SMILES string of the molecule is C#CCN1CCN(C(=O)CNc2cc(F)c(F)cc2F)CC1. The molecule has 0 bridgehead atoms. The van der Waals surface area contributed by atoms with Gasteiger partial charge in [0, 0.05) is 38.3 Å². The van der Waals surface area contributed by atoms with Gasteiger partial charge in [0.25, 0.3) is 0 Å². The lowest BCUT2D eigenvalue weighted by molar-refractivity contribution is -0.130. The van der Waals surface area contributed by atoms with Crippen LogP contribution in [0.25, 0.3) is 0 Å². The summed E-state index contributed by atoms with van der Waals surface area (Å²) in [5, 5.41) is 2.50. The summed E-state index contributed by atoms with van der Waals surface area (Å²) >= 11 is 0. The van der Waals surface area contributed by atoms with E-state index < -0.39 is 17.5 Å². The Bertz CT molecular complexity index is 592. The molecule has 1 fully saturated rings. The molecule has 1 aliphatic rings. The number of carbonyl (C=O) groups is 1. The first kappa shape index (κ1) is 16.2. The molecule has 1 aromatic rings. The van der Waals surface area contributed by atoms with Gasteiger partial charge in [-0.25, -0.2) is 13.2 Å². The molecule has 0 saturated carbocycles. The van der Waals surface area contributed by atoms with Crippen LogP contribution in [0.5, 0.6) is 0 Å². The normalized spacial score (nSPS) is 15.5. The maximum absolute atomic E-state index is 13.4. The highest BCUT2D eigenvalue weighted by Crippen LogP contribution is 2.18. The molecule has 22 heavy (non-hydrogen) atoms. The fraction of sp³-hybridized carbons (Fsp3) is 0.400. The van der Waals surface area contributed by atoms with E-state index in [-0.39, 0.29) is 18.1 Å². The maximum Gasteiger partial charge on any atom is 0.241 e. The van der Waals surface area contributed by atoms with E-state index in [1.807, 2.05) is 4.90 Å². The monoisotopic (exact) mass is 311 g/mol. The molecule has 118 valence electrons. The lowest BCUT2D eigenvalue weighted by atomic mass is 10.2. The van der Waals surface area contributed by atoms with Crippen molar-refractivity contribution >= 4 is 11.6 Å². The zero-order valence-electron chi connectivity index (χ0n) is 11.9. The fourth-order valence-electron chi connectivity index (χ4n) is 2.23. The molecule has 1 saturated heterocycles. The van der Waals surface area contributed by atoms with E-state index in [1.54, 1.807) is 4.90 Å². The Hall–Kier alpha value is -2.20. The Morgan fingerprint density at radius 1 is 1.14 bits per heavy atom. The van der Waals surface area contributed by atoms with Crippen LogP contribution >= 0.6 is 0 Å². The zero-order valence-corrected chi connectivity index (χ0v) is 11.9. The molecular formula is C15H16F3N3O. The second-order valence-electron chi connectivity index (χ2n) is 4.96. The summed E-state index contributed by atoms with van der Waals surface area (Å²) in [5.41, 5.74) is -0.238. The molecule has 0 unspecified atom stereocenters. The van der Waals surface area contributed by atoms with E-state index in [2.05, 4.69) is 11.2 Å². The molecule has 0 radical (unpaired) electrons. The Morgan fingerprint density at radius 2 is 1.77 bits per heavy atom. The number of hydrogen-bond donors (Lipinski definition) is 1.